The Morgan fingerprint density at radius 1 is 1.16 bits per heavy atom. The fourth-order valence-electron chi connectivity index (χ4n) is 4.34. The number of ether oxygens (including phenoxy) is 1. The van der Waals surface area contributed by atoms with Gasteiger partial charge in [-0.05, 0) is 31.0 Å². The SMILES string of the molecule is CCCC[C@H]1CN(CCNC(=O)c2cn(C)c3ccccc3c2=O)Cc2ccccc2O1. The molecule has 0 spiro atoms. The van der Waals surface area contributed by atoms with E-state index < -0.39 is 0 Å². The van der Waals surface area contributed by atoms with Crippen LogP contribution in [0.1, 0.15) is 42.1 Å². The van der Waals surface area contributed by atoms with E-state index in [1.54, 1.807) is 12.3 Å². The molecule has 1 aliphatic heterocycles. The zero-order chi connectivity index (χ0) is 22.5. The van der Waals surface area contributed by atoms with Gasteiger partial charge in [-0.2, -0.15) is 0 Å². The Hall–Kier alpha value is -3.12. The van der Waals surface area contributed by atoms with E-state index >= 15 is 0 Å². The van der Waals surface area contributed by atoms with E-state index in [4.69, 9.17) is 4.74 Å². The molecule has 168 valence electrons. The van der Waals surface area contributed by atoms with Crippen molar-refractivity contribution >= 4 is 16.8 Å². The molecule has 2 heterocycles. The molecule has 0 aliphatic carbocycles. The Balaban J connectivity index is 1.43. The molecule has 0 saturated heterocycles. The third kappa shape index (κ3) is 4.86. The molecule has 1 aliphatic rings. The molecule has 3 aromatic rings. The zero-order valence-electron chi connectivity index (χ0n) is 18.8. The average molecular weight is 434 g/mol. The maximum absolute atomic E-state index is 12.8. The summed E-state index contributed by atoms with van der Waals surface area (Å²) in [6, 6.07) is 15.5. The maximum Gasteiger partial charge on any atom is 0.256 e. The van der Waals surface area contributed by atoms with Crippen LogP contribution in [-0.2, 0) is 13.6 Å². The van der Waals surface area contributed by atoms with Gasteiger partial charge in [-0.15, -0.1) is 0 Å². The number of fused-ring (bicyclic) bond motifs is 2. The van der Waals surface area contributed by atoms with Crippen LogP contribution in [0.5, 0.6) is 5.75 Å². The van der Waals surface area contributed by atoms with Crippen molar-refractivity contribution in [1.82, 2.24) is 14.8 Å². The van der Waals surface area contributed by atoms with Gasteiger partial charge in [0, 0.05) is 50.4 Å². The Kier molecular flexibility index (Phi) is 6.90. The summed E-state index contributed by atoms with van der Waals surface area (Å²) in [6.45, 7) is 4.96. The highest BCUT2D eigenvalue weighted by Gasteiger charge is 2.22. The number of hydrogen-bond acceptors (Lipinski definition) is 4. The first kappa shape index (κ1) is 22.1. The molecule has 1 aromatic heterocycles. The highest BCUT2D eigenvalue weighted by molar-refractivity contribution is 5.97. The van der Waals surface area contributed by atoms with Crippen molar-refractivity contribution in [3.05, 3.63) is 76.1 Å². The summed E-state index contributed by atoms with van der Waals surface area (Å²) in [6.07, 6.45) is 5.04. The Morgan fingerprint density at radius 2 is 1.94 bits per heavy atom. The van der Waals surface area contributed by atoms with Gasteiger partial charge in [-0.25, -0.2) is 0 Å². The predicted octanol–water partition coefficient (Wildman–Crippen LogP) is 3.72. The molecule has 4 rings (SSSR count). The third-order valence-electron chi connectivity index (χ3n) is 6.06. The number of para-hydroxylation sites is 2. The standard InChI is InChI=1S/C26H31N3O3/c1-3-4-10-20-17-29(16-19-9-5-8-13-24(19)32-20)15-14-27-26(31)22-18-28(2)23-12-7-6-11-21(23)25(22)30/h5-9,11-13,18,20H,3-4,10,14-17H2,1-2H3,(H,27,31)/t20-/m0/s1. The third-order valence-corrected chi connectivity index (χ3v) is 6.06. The minimum absolute atomic E-state index is 0.141. The summed E-state index contributed by atoms with van der Waals surface area (Å²) in [5.74, 6) is 0.630. The van der Waals surface area contributed by atoms with Gasteiger partial charge in [-0.3, -0.25) is 14.5 Å². The van der Waals surface area contributed by atoms with E-state index in [0.29, 0.717) is 18.5 Å². The normalized spacial score (nSPS) is 16.2. The van der Waals surface area contributed by atoms with Gasteiger partial charge >= 0.3 is 0 Å². The highest BCUT2D eigenvalue weighted by atomic mass is 16.5. The van der Waals surface area contributed by atoms with Gasteiger partial charge in [0.25, 0.3) is 5.91 Å². The van der Waals surface area contributed by atoms with E-state index in [1.807, 2.05) is 48.0 Å². The summed E-state index contributed by atoms with van der Waals surface area (Å²) in [5.41, 5.74) is 1.93. The molecule has 32 heavy (non-hydrogen) atoms. The van der Waals surface area contributed by atoms with Crippen LogP contribution in [0, 0.1) is 0 Å². The Labute approximate surface area is 188 Å². The fourth-order valence-corrected chi connectivity index (χ4v) is 4.34. The largest absolute Gasteiger partial charge is 0.489 e. The van der Waals surface area contributed by atoms with Crippen molar-refractivity contribution in [2.24, 2.45) is 7.05 Å². The lowest BCUT2D eigenvalue weighted by molar-refractivity contribution is 0.0940. The van der Waals surface area contributed by atoms with Gasteiger partial charge in [0.15, 0.2) is 0 Å². The van der Waals surface area contributed by atoms with Gasteiger partial charge in [0.2, 0.25) is 5.43 Å². The number of aromatic nitrogens is 1. The second-order valence-electron chi connectivity index (χ2n) is 8.48. The number of nitrogens with one attached hydrogen (secondary N) is 1. The van der Waals surface area contributed by atoms with Crippen LogP contribution in [0.15, 0.2) is 59.5 Å². The maximum atomic E-state index is 12.8. The number of rotatable bonds is 7. The molecular weight excluding hydrogens is 402 g/mol. The topological polar surface area (TPSA) is 63.6 Å². The second kappa shape index (κ2) is 10.0. The first-order chi connectivity index (χ1) is 15.6. The van der Waals surface area contributed by atoms with Crippen molar-refractivity contribution in [3.8, 4) is 5.75 Å². The number of benzene rings is 2. The zero-order valence-corrected chi connectivity index (χ0v) is 18.8. The van der Waals surface area contributed by atoms with Crippen LogP contribution in [-0.4, -0.2) is 41.1 Å². The smallest absolute Gasteiger partial charge is 0.256 e. The van der Waals surface area contributed by atoms with E-state index in [2.05, 4.69) is 23.2 Å². The molecule has 6 nitrogen and oxygen atoms in total. The molecule has 2 aromatic carbocycles. The van der Waals surface area contributed by atoms with E-state index in [0.717, 1.165) is 43.6 Å². The lowest BCUT2D eigenvalue weighted by atomic mass is 10.1. The number of hydrogen-bond donors (Lipinski definition) is 1. The van der Waals surface area contributed by atoms with Crippen LogP contribution in [0.2, 0.25) is 0 Å². The number of carbonyl (C=O) groups is 1. The minimum Gasteiger partial charge on any atom is -0.489 e. The average Bonchev–Trinajstić information content (AvgIpc) is 2.98. The number of unbranched alkanes of at least 4 members (excludes halogenated alkanes) is 1. The van der Waals surface area contributed by atoms with Crippen LogP contribution >= 0.6 is 0 Å². The van der Waals surface area contributed by atoms with Crippen molar-refractivity contribution in [3.63, 3.8) is 0 Å². The van der Waals surface area contributed by atoms with E-state index in [9.17, 15) is 9.59 Å². The van der Waals surface area contributed by atoms with Crippen molar-refractivity contribution in [2.45, 2.75) is 38.8 Å². The molecule has 0 radical (unpaired) electrons. The highest BCUT2D eigenvalue weighted by Crippen LogP contribution is 2.26. The molecule has 0 saturated carbocycles. The number of pyridine rings is 1. The first-order valence-corrected chi connectivity index (χ1v) is 11.4. The summed E-state index contributed by atoms with van der Waals surface area (Å²) in [7, 11) is 1.85. The molecule has 0 unspecified atom stereocenters. The van der Waals surface area contributed by atoms with E-state index in [-0.39, 0.29) is 23.0 Å². The van der Waals surface area contributed by atoms with Gasteiger partial charge in [0.05, 0.1) is 5.52 Å². The molecule has 0 fully saturated rings. The summed E-state index contributed by atoms with van der Waals surface area (Å²) >= 11 is 0. The van der Waals surface area contributed by atoms with Gasteiger partial charge < -0.3 is 14.6 Å². The lowest BCUT2D eigenvalue weighted by Gasteiger charge is -2.24. The quantitative estimate of drug-likeness (QED) is 0.617. The predicted molar refractivity (Wildman–Crippen MR) is 127 cm³/mol. The van der Waals surface area contributed by atoms with Crippen LogP contribution in [0.4, 0.5) is 0 Å². The second-order valence-corrected chi connectivity index (χ2v) is 8.48. The monoisotopic (exact) mass is 433 g/mol. The first-order valence-electron chi connectivity index (χ1n) is 11.4. The number of amides is 1. The summed E-state index contributed by atoms with van der Waals surface area (Å²) < 4.78 is 8.11. The Bertz CT molecular complexity index is 1150. The number of nitrogens with zero attached hydrogens (tertiary/aromatic N) is 2. The van der Waals surface area contributed by atoms with Crippen LogP contribution < -0.4 is 15.5 Å². The molecule has 6 heteroatoms. The molecule has 0 bridgehead atoms. The molecular formula is C26H31N3O3. The summed E-state index contributed by atoms with van der Waals surface area (Å²) in [5, 5.41) is 3.50. The van der Waals surface area contributed by atoms with Crippen molar-refractivity contribution < 1.29 is 9.53 Å². The van der Waals surface area contributed by atoms with E-state index in [1.165, 1.54) is 5.56 Å². The van der Waals surface area contributed by atoms with Crippen LogP contribution in [0.25, 0.3) is 10.9 Å². The number of carbonyl (C=O) groups excluding carboxylic acids is 1. The Morgan fingerprint density at radius 3 is 2.78 bits per heavy atom. The summed E-state index contributed by atoms with van der Waals surface area (Å²) in [4.78, 5) is 27.9. The molecule has 1 amide bonds. The fraction of sp³-hybridized carbons (Fsp3) is 0.385. The molecule has 1 atom stereocenters. The van der Waals surface area contributed by atoms with Crippen LogP contribution in [0.3, 0.4) is 0 Å². The van der Waals surface area contributed by atoms with Gasteiger partial charge in [-0.1, -0.05) is 43.7 Å². The van der Waals surface area contributed by atoms with Crippen molar-refractivity contribution in [1.29, 1.82) is 0 Å². The van der Waals surface area contributed by atoms with Gasteiger partial charge in [0.1, 0.15) is 17.4 Å². The number of aryl methyl sites for hydroxylation is 1. The lowest BCUT2D eigenvalue weighted by Crippen LogP contribution is -2.39. The molecule has 1 N–H and O–H groups in total. The minimum atomic E-state index is -0.328. The van der Waals surface area contributed by atoms with Crippen molar-refractivity contribution in [2.75, 3.05) is 19.6 Å².